The minimum atomic E-state index is 0.759. The molecule has 0 amide bonds. The van der Waals surface area contributed by atoms with Crippen LogP contribution in [0.1, 0.15) is 0 Å². The highest BCUT2D eigenvalue weighted by Crippen LogP contribution is 2.33. The van der Waals surface area contributed by atoms with Crippen LogP contribution in [0.3, 0.4) is 0 Å². The summed E-state index contributed by atoms with van der Waals surface area (Å²) < 4.78 is 9.17. The lowest BCUT2D eigenvalue weighted by Gasteiger charge is -2.07. The molecule has 0 saturated heterocycles. The Kier molecular flexibility index (Phi) is 2.72. The zero-order valence-electron chi connectivity index (χ0n) is 12.2. The Balaban J connectivity index is 1.95. The molecule has 4 rings (SSSR count). The highest BCUT2D eigenvalue weighted by molar-refractivity contribution is 5.85. The Labute approximate surface area is 126 Å². The van der Waals surface area contributed by atoms with Crippen molar-refractivity contribution >= 4 is 5.52 Å². The Bertz CT molecular complexity index is 934. The van der Waals surface area contributed by atoms with Crippen molar-refractivity contribution in [3.8, 4) is 28.0 Å². The molecule has 4 aromatic heterocycles. The summed E-state index contributed by atoms with van der Waals surface area (Å²) in [7, 11) is 3.55. The zero-order valence-corrected chi connectivity index (χ0v) is 12.2. The lowest BCUT2D eigenvalue weighted by atomic mass is 10.1. The lowest BCUT2D eigenvalue weighted by molar-refractivity contribution is 0.418. The molecule has 22 heavy (non-hydrogen) atoms. The Hall–Kier alpha value is -3.09. The van der Waals surface area contributed by atoms with Crippen molar-refractivity contribution in [1.29, 1.82) is 0 Å². The molecule has 0 atom stereocenters. The van der Waals surface area contributed by atoms with Crippen molar-refractivity contribution in [3.05, 3.63) is 43.2 Å². The first kappa shape index (κ1) is 12.6. The Morgan fingerprint density at radius 3 is 2.64 bits per heavy atom. The molecule has 4 heterocycles. The average molecular weight is 294 g/mol. The van der Waals surface area contributed by atoms with Crippen LogP contribution in [0.4, 0.5) is 0 Å². The molecule has 0 aliphatic carbocycles. The topological polar surface area (TPSA) is 73.0 Å². The van der Waals surface area contributed by atoms with E-state index in [2.05, 4.69) is 20.4 Å². The number of nitrogens with one attached hydrogen (secondary N) is 1. The summed E-state index contributed by atoms with van der Waals surface area (Å²) in [6.07, 6.45) is 11.2. The van der Waals surface area contributed by atoms with Crippen molar-refractivity contribution in [2.75, 3.05) is 7.11 Å². The van der Waals surface area contributed by atoms with E-state index in [4.69, 9.17) is 4.74 Å². The third-order valence-corrected chi connectivity index (χ3v) is 3.64. The lowest BCUT2D eigenvalue weighted by Crippen LogP contribution is -1.93. The van der Waals surface area contributed by atoms with Gasteiger partial charge in [-0.25, -0.2) is 4.52 Å². The number of ether oxygens (including phenoxy) is 1. The van der Waals surface area contributed by atoms with Gasteiger partial charge in [-0.1, -0.05) is 0 Å². The van der Waals surface area contributed by atoms with Crippen LogP contribution in [-0.4, -0.2) is 36.7 Å². The van der Waals surface area contributed by atoms with Gasteiger partial charge in [-0.2, -0.15) is 15.3 Å². The van der Waals surface area contributed by atoms with E-state index in [0.29, 0.717) is 0 Å². The van der Waals surface area contributed by atoms with E-state index in [1.54, 1.807) is 18.0 Å². The predicted molar refractivity (Wildman–Crippen MR) is 81.5 cm³/mol. The van der Waals surface area contributed by atoms with Gasteiger partial charge in [0, 0.05) is 47.9 Å². The average Bonchev–Trinajstić information content (AvgIpc) is 3.25. The number of aryl methyl sites for hydroxylation is 1. The van der Waals surface area contributed by atoms with Gasteiger partial charge in [0.15, 0.2) is 0 Å². The molecule has 0 aromatic carbocycles. The molecule has 0 saturated carbocycles. The fraction of sp³-hybridized carbons (Fsp3) is 0.133. The number of aromatic nitrogens is 6. The number of fused-ring (bicyclic) bond motifs is 1. The van der Waals surface area contributed by atoms with E-state index in [1.165, 1.54) is 0 Å². The third-order valence-electron chi connectivity index (χ3n) is 3.64. The predicted octanol–water partition coefficient (Wildman–Crippen LogP) is 2.13. The molecule has 4 aromatic rings. The first-order valence-electron chi connectivity index (χ1n) is 6.80. The molecule has 0 spiro atoms. The molecule has 0 radical (unpaired) electrons. The van der Waals surface area contributed by atoms with E-state index >= 15 is 0 Å². The van der Waals surface area contributed by atoms with Gasteiger partial charge in [0.2, 0.25) is 0 Å². The maximum absolute atomic E-state index is 5.57. The van der Waals surface area contributed by atoms with E-state index in [-0.39, 0.29) is 0 Å². The van der Waals surface area contributed by atoms with Crippen LogP contribution in [0.2, 0.25) is 0 Å². The van der Waals surface area contributed by atoms with E-state index in [0.717, 1.165) is 33.5 Å². The number of nitrogens with zero attached hydrogens (tertiary/aromatic N) is 5. The Morgan fingerprint density at radius 2 is 1.95 bits per heavy atom. The van der Waals surface area contributed by atoms with Crippen molar-refractivity contribution in [3.63, 3.8) is 0 Å². The molecule has 0 aliphatic heterocycles. The summed E-state index contributed by atoms with van der Waals surface area (Å²) in [4.78, 5) is 0. The van der Waals surface area contributed by atoms with Crippen molar-refractivity contribution in [2.45, 2.75) is 0 Å². The quantitative estimate of drug-likeness (QED) is 0.628. The standard InChI is InChI=1S/C15H14N6O/c1-20-8-12(6-18-20)10-3-14(22-2)15-13(7-19-21(15)9-10)11-4-16-17-5-11/h3-9H,1-2H3,(H,16,17). The highest BCUT2D eigenvalue weighted by Gasteiger charge is 2.15. The minimum absolute atomic E-state index is 0.759. The van der Waals surface area contributed by atoms with Crippen LogP contribution in [0, 0.1) is 0 Å². The minimum Gasteiger partial charge on any atom is -0.494 e. The normalized spacial score (nSPS) is 11.2. The van der Waals surface area contributed by atoms with E-state index in [1.807, 2.05) is 48.6 Å². The summed E-state index contributed by atoms with van der Waals surface area (Å²) in [5.74, 6) is 0.759. The zero-order chi connectivity index (χ0) is 15.1. The SMILES string of the molecule is COc1cc(-c2cnn(C)c2)cn2ncc(-c3cn[nH]c3)c12. The van der Waals surface area contributed by atoms with Crippen molar-refractivity contribution < 1.29 is 4.74 Å². The van der Waals surface area contributed by atoms with Crippen LogP contribution >= 0.6 is 0 Å². The summed E-state index contributed by atoms with van der Waals surface area (Å²) >= 11 is 0. The number of hydrogen-bond donors (Lipinski definition) is 1. The number of H-pyrrole nitrogens is 1. The summed E-state index contributed by atoms with van der Waals surface area (Å²) in [5.41, 5.74) is 4.88. The summed E-state index contributed by atoms with van der Waals surface area (Å²) in [6, 6.07) is 2.00. The molecular weight excluding hydrogens is 280 g/mol. The van der Waals surface area contributed by atoms with Crippen molar-refractivity contribution in [1.82, 2.24) is 29.6 Å². The molecule has 0 bridgehead atoms. The molecule has 7 nitrogen and oxygen atoms in total. The number of methoxy groups -OCH3 is 1. The second-order valence-corrected chi connectivity index (χ2v) is 5.04. The monoisotopic (exact) mass is 294 g/mol. The fourth-order valence-corrected chi connectivity index (χ4v) is 2.58. The van der Waals surface area contributed by atoms with Gasteiger partial charge in [-0.15, -0.1) is 0 Å². The van der Waals surface area contributed by atoms with E-state index in [9.17, 15) is 0 Å². The van der Waals surface area contributed by atoms with Crippen LogP contribution < -0.4 is 4.74 Å². The maximum Gasteiger partial charge on any atom is 0.145 e. The van der Waals surface area contributed by atoms with Gasteiger partial charge in [-0.05, 0) is 6.07 Å². The molecular formula is C15H14N6O. The molecule has 110 valence electrons. The van der Waals surface area contributed by atoms with Gasteiger partial charge in [-0.3, -0.25) is 9.78 Å². The Morgan fingerprint density at radius 1 is 1.05 bits per heavy atom. The number of pyridine rings is 1. The van der Waals surface area contributed by atoms with Gasteiger partial charge in [0.1, 0.15) is 11.3 Å². The molecule has 0 fully saturated rings. The number of rotatable bonds is 3. The highest BCUT2D eigenvalue weighted by atomic mass is 16.5. The van der Waals surface area contributed by atoms with Crippen molar-refractivity contribution in [2.24, 2.45) is 7.05 Å². The van der Waals surface area contributed by atoms with Crippen LogP contribution in [0.5, 0.6) is 5.75 Å². The van der Waals surface area contributed by atoms with E-state index < -0.39 is 0 Å². The van der Waals surface area contributed by atoms with Gasteiger partial charge in [0.05, 0.1) is 25.7 Å². The second kappa shape index (κ2) is 4.73. The van der Waals surface area contributed by atoms with Gasteiger partial charge < -0.3 is 4.74 Å². The number of hydrogen-bond acceptors (Lipinski definition) is 4. The van der Waals surface area contributed by atoms with Crippen LogP contribution in [0.25, 0.3) is 27.8 Å². The maximum atomic E-state index is 5.57. The molecule has 0 aliphatic rings. The molecule has 1 N–H and O–H groups in total. The third kappa shape index (κ3) is 1.86. The smallest absolute Gasteiger partial charge is 0.145 e. The summed E-state index contributed by atoms with van der Waals surface area (Å²) in [5, 5.41) is 15.5. The van der Waals surface area contributed by atoms with Crippen LogP contribution in [-0.2, 0) is 7.05 Å². The van der Waals surface area contributed by atoms with Gasteiger partial charge >= 0.3 is 0 Å². The molecule has 7 heteroatoms. The van der Waals surface area contributed by atoms with Crippen LogP contribution in [0.15, 0.2) is 43.2 Å². The molecule has 0 unspecified atom stereocenters. The van der Waals surface area contributed by atoms with Gasteiger partial charge in [0.25, 0.3) is 0 Å². The second-order valence-electron chi connectivity index (χ2n) is 5.04. The number of aromatic amines is 1. The largest absolute Gasteiger partial charge is 0.494 e. The fourth-order valence-electron chi connectivity index (χ4n) is 2.58. The first-order valence-corrected chi connectivity index (χ1v) is 6.80. The summed E-state index contributed by atoms with van der Waals surface area (Å²) in [6.45, 7) is 0. The first-order chi connectivity index (χ1) is 10.8.